The van der Waals surface area contributed by atoms with Gasteiger partial charge in [0.2, 0.25) is 0 Å². The van der Waals surface area contributed by atoms with Gasteiger partial charge in [-0.05, 0) is 121 Å². The minimum absolute atomic E-state index is 0.251. The first-order valence-electron chi connectivity index (χ1n) is 18.3. The lowest BCUT2D eigenvalue weighted by atomic mass is 10.0. The molecule has 8 nitrogen and oxygen atoms in total. The summed E-state index contributed by atoms with van der Waals surface area (Å²) in [6.45, 7) is 0. The topological polar surface area (TPSA) is 72.6 Å². The molecular formula is C44H24F12N4O4. The number of nitrogens with zero attached hydrogens (tertiary/aromatic N) is 4. The molecule has 8 rings (SSSR count). The average Bonchev–Trinajstić information content (AvgIpc) is 3.85. The number of hydrogen-bond donors (Lipinski definition) is 0. The second-order valence-electron chi connectivity index (χ2n) is 13.6. The summed E-state index contributed by atoms with van der Waals surface area (Å²) in [6, 6.07) is 32.9. The Morgan fingerprint density at radius 3 is 0.859 bits per heavy atom. The van der Waals surface area contributed by atoms with E-state index in [4.69, 9.17) is 10.2 Å². The van der Waals surface area contributed by atoms with Crippen molar-refractivity contribution in [1.82, 2.24) is 19.6 Å². The smallest absolute Gasteiger partial charge is 0.406 e. The molecule has 0 unspecified atom stereocenters. The van der Waals surface area contributed by atoms with Gasteiger partial charge in [-0.15, -0.1) is 52.7 Å². The van der Waals surface area contributed by atoms with Crippen LogP contribution >= 0.6 is 0 Å². The summed E-state index contributed by atoms with van der Waals surface area (Å²) in [7, 11) is 0. The molecular weight excluding hydrogens is 876 g/mol. The monoisotopic (exact) mass is 900 g/mol. The second kappa shape index (κ2) is 16.2. The van der Waals surface area contributed by atoms with Gasteiger partial charge in [-0.3, -0.25) is 0 Å². The Labute approximate surface area is 352 Å². The molecule has 0 aliphatic rings. The highest BCUT2D eigenvalue weighted by Gasteiger charge is 2.33. The van der Waals surface area contributed by atoms with E-state index in [1.54, 1.807) is 48.5 Å². The molecule has 8 aromatic rings. The molecule has 328 valence electrons. The molecule has 0 fully saturated rings. The van der Waals surface area contributed by atoms with Crippen LogP contribution in [0.1, 0.15) is 0 Å². The molecule has 0 bridgehead atoms. The van der Waals surface area contributed by atoms with Crippen molar-refractivity contribution in [1.29, 1.82) is 0 Å². The Hall–Kier alpha value is -7.64. The van der Waals surface area contributed by atoms with Crippen molar-refractivity contribution in [2.45, 2.75) is 25.4 Å². The molecule has 0 amide bonds. The quantitative estimate of drug-likeness (QED) is 0.127. The Morgan fingerprint density at radius 2 is 0.594 bits per heavy atom. The number of halogens is 12. The highest BCUT2D eigenvalue weighted by atomic mass is 19.4. The van der Waals surface area contributed by atoms with Gasteiger partial charge < -0.3 is 18.9 Å². The van der Waals surface area contributed by atoms with E-state index in [1.807, 2.05) is 0 Å². The Kier molecular flexibility index (Phi) is 10.9. The van der Waals surface area contributed by atoms with Crippen LogP contribution in [0.15, 0.2) is 146 Å². The Morgan fingerprint density at radius 1 is 0.328 bits per heavy atom. The molecule has 0 aliphatic heterocycles. The van der Waals surface area contributed by atoms with E-state index in [9.17, 15) is 52.7 Å². The summed E-state index contributed by atoms with van der Waals surface area (Å²) < 4.78 is 175. The number of alkyl halides is 12. The van der Waals surface area contributed by atoms with Crippen LogP contribution in [-0.4, -0.2) is 45.0 Å². The third kappa shape index (κ3) is 10.0. The number of ether oxygens (including phenoxy) is 4. The minimum Gasteiger partial charge on any atom is -0.406 e. The van der Waals surface area contributed by atoms with Crippen molar-refractivity contribution in [3.8, 4) is 79.4 Å². The van der Waals surface area contributed by atoms with E-state index in [0.29, 0.717) is 55.8 Å². The predicted molar refractivity (Wildman–Crippen MR) is 207 cm³/mol. The molecule has 0 saturated heterocycles. The molecule has 0 aliphatic carbocycles. The minimum atomic E-state index is -4.96. The maximum Gasteiger partial charge on any atom is 0.573 e. The van der Waals surface area contributed by atoms with Crippen LogP contribution in [-0.2, 0) is 0 Å². The number of aromatic nitrogens is 4. The van der Waals surface area contributed by atoms with Gasteiger partial charge in [0.25, 0.3) is 0 Å². The second-order valence-corrected chi connectivity index (χ2v) is 13.6. The molecule has 0 N–H and O–H groups in total. The van der Waals surface area contributed by atoms with Gasteiger partial charge in [0.05, 0.1) is 34.2 Å². The molecule has 0 saturated carbocycles. The normalized spacial score (nSPS) is 12.4. The first-order chi connectivity index (χ1) is 30.1. The molecule has 64 heavy (non-hydrogen) atoms. The SMILES string of the molecule is FC(F)(F)Oc1ccc(-c2cc(-c3ccc(OC(F)(F)F)cc3)n(-c3cccc4c(-n5nc(-c6ccc(OC(F)(F)F)cc6)cc5-c5ccc(OC(F)(F)F)cc5)cccc34)n2)cc1. The molecule has 2 aromatic heterocycles. The Bertz CT molecular complexity index is 2720. The number of fused-ring (bicyclic) bond motifs is 1. The zero-order chi connectivity index (χ0) is 45.6. The van der Waals surface area contributed by atoms with Gasteiger partial charge in [0, 0.05) is 33.0 Å². The molecule has 0 radical (unpaired) electrons. The van der Waals surface area contributed by atoms with Crippen LogP contribution in [0.25, 0.3) is 67.2 Å². The fourth-order valence-electron chi connectivity index (χ4n) is 6.78. The first-order valence-corrected chi connectivity index (χ1v) is 18.3. The molecule has 0 atom stereocenters. The fourth-order valence-corrected chi connectivity index (χ4v) is 6.78. The van der Waals surface area contributed by atoms with Gasteiger partial charge in [-0.1, -0.05) is 24.3 Å². The third-order valence-corrected chi connectivity index (χ3v) is 9.29. The molecule has 2 heterocycles. The highest BCUT2D eigenvalue weighted by molar-refractivity contribution is 5.97. The van der Waals surface area contributed by atoms with Crippen LogP contribution in [0.3, 0.4) is 0 Å². The van der Waals surface area contributed by atoms with E-state index in [1.165, 1.54) is 57.9 Å². The van der Waals surface area contributed by atoms with Gasteiger partial charge >= 0.3 is 25.4 Å². The van der Waals surface area contributed by atoms with Crippen molar-refractivity contribution >= 4 is 10.8 Å². The van der Waals surface area contributed by atoms with Gasteiger partial charge in [-0.2, -0.15) is 10.2 Å². The van der Waals surface area contributed by atoms with E-state index in [2.05, 4.69) is 18.9 Å². The van der Waals surface area contributed by atoms with Crippen molar-refractivity contribution in [2.75, 3.05) is 0 Å². The van der Waals surface area contributed by atoms with Crippen molar-refractivity contribution in [3.05, 3.63) is 146 Å². The van der Waals surface area contributed by atoms with Gasteiger partial charge in [-0.25, -0.2) is 9.36 Å². The number of hydrogen-bond acceptors (Lipinski definition) is 6. The maximum absolute atomic E-state index is 13.0. The van der Waals surface area contributed by atoms with Gasteiger partial charge in [0.15, 0.2) is 0 Å². The predicted octanol–water partition coefficient (Wildman–Crippen LogP) is 13.5. The lowest BCUT2D eigenvalue weighted by molar-refractivity contribution is -0.275. The molecule has 20 heteroatoms. The van der Waals surface area contributed by atoms with E-state index < -0.39 is 48.4 Å². The zero-order valence-corrected chi connectivity index (χ0v) is 31.8. The standard InChI is InChI=1S/C44H24F12N4O4/c45-41(46,47)61-29-15-7-25(8-16-29)35-23-39(27-11-19-31(20-12-27)63-43(51,52)53)59(57-35)37-5-1-3-33-34(37)4-2-6-38(33)60-40(28-13-21-32(22-14-28)64-44(54,55)56)24-36(58-60)26-9-17-30(18-10-26)62-42(48,49)50/h1-24H. The number of benzene rings is 6. The largest absolute Gasteiger partial charge is 0.573 e. The van der Waals surface area contributed by atoms with Crippen molar-refractivity contribution in [2.24, 2.45) is 0 Å². The van der Waals surface area contributed by atoms with E-state index in [-0.39, 0.29) is 11.4 Å². The fraction of sp³-hybridized carbons (Fsp3) is 0.0909. The molecule has 0 spiro atoms. The summed E-state index contributed by atoms with van der Waals surface area (Å²) >= 11 is 0. The maximum atomic E-state index is 13.0. The van der Waals surface area contributed by atoms with E-state index >= 15 is 0 Å². The van der Waals surface area contributed by atoms with Crippen LogP contribution in [0.2, 0.25) is 0 Å². The first kappa shape index (κ1) is 43.0. The van der Waals surface area contributed by atoms with Crippen molar-refractivity contribution in [3.63, 3.8) is 0 Å². The van der Waals surface area contributed by atoms with Crippen molar-refractivity contribution < 1.29 is 71.6 Å². The van der Waals surface area contributed by atoms with Crippen LogP contribution in [0.4, 0.5) is 52.7 Å². The third-order valence-electron chi connectivity index (χ3n) is 9.29. The Balaban J connectivity index is 1.27. The lowest BCUT2D eigenvalue weighted by Gasteiger charge is -2.15. The van der Waals surface area contributed by atoms with Crippen LogP contribution in [0.5, 0.6) is 23.0 Å². The van der Waals surface area contributed by atoms with Crippen LogP contribution < -0.4 is 18.9 Å². The number of rotatable bonds is 10. The van der Waals surface area contributed by atoms with Gasteiger partial charge in [0.1, 0.15) is 23.0 Å². The summed E-state index contributed by atoms with van der Waals surface area (Å²) in [4.78, 5) is 0. The average molecular weight is 901 g/mol. The van der Waals surface area contributed by atoms with E-state index in [0.717, 1.165) is 48.5 Å². The molecule has 6 aromatic carbocycles. The lowest BCUT2D eigenvalue weighted by Crippen LogP contribution is -2.17. The summed E-state index contributed by atoms with van der Waals surface area (Å²) in [5.74, 6) is -1.98. The zero-order valence-electron chi connectivity index (χ0n) is 31.8. The summed E-state index contributed by atoms with van der Waals surface area (Å²) in [6.07, 6.45) is -19.8. The summed E-state index contributed by atoms with van der Waals surface area (Å²) in [5.41, 5.74) is 3.43. The summed E-state index contributed by atoms with van der Waals surface area (Å²) in [5, 5.41) is 10.6. The van der Waals surface area contributed by atoms with Crippen LogP contribution in [0, 0.1) is 0 Å². The highest BCUT2D eigenvalue weighted by Crippen LogP contribution is 2.38.